The Kier molecular flexibility index (Phi) is 6.14. The van der Waals surface area contributed by atoms with Gasteiger partial charge in [0.15, 0.2) is 0 Å². The first-order valence-electron chi connectivity index (χ1n) is 11.4. The number of imide groups is 1. The first-order chi connectivity index (χ1) is 17.8. The van der Waals surface area contributed by atoms with Gasteiger partial charge in [0.25, 0.3) is 11.8 Å². The molecule has 5 rings (SSSR count). The van der Waals surface area contributed by atoms with Gasteiger partial charge in [-0.2, -0.15) is 0 Å². The Bertz CT molecular complexity index is 1370. The van der Waals surface area contributed by atoms with Crippen molar-refractivity contribution in [1.82, 2.24) is 10.4 Å². The Labute approximate surface area is 210 Å². The van der Waals surface area contributed by atoms with Gasteiger partial charge in [-0.15, -0.1) is 0 Å². The Morgan fingerprint density at radius 3 is 1.81 bits per heavy atom. The van der Waals surface area contributed by atoms with Gasteiger partial charge in [0.05, 0.1) is 17.5 Å². The van der Waals surface area contributed by atoms with E-state index in [4.69, 9.17) is 15.3 Å². The number of nitrogens with zero attached hydrogens (tertiary/aromatic N) is 1. The van der Waals surface area contributed by atoms with E-state index in [1.807, 2.05) is 48.5 Å². The van der Waals surface area contributed by atoms with Crippen LogP contribution in [-0.4, -0.2) is 47.5 Å². The molecule has 1 aliphatic heterocycles. The lowest BCUT2D eigenvalue weighted by atomic mass is 9.98. The fraction of sp³-hybridized carbons (Fsp3) is 0.148. The Morgan fingerprint density at radius 2 is 1.30 bits per heavy atom. The van der Waals surface area contributed by atoms with Crippen LogP contribution in [0.3, 0.4) is 0 Å². The predicted molar refractivity (Wildman–Crippen MR) is 129 cm³/mol. The van der Waals surface area contributed by atoms with Crippen LogP contribution in [0.4, 0.5) is 4.79 Å². The average Bonchev–Trinajstić information content (AvgIpc) is 3.34. The number of fused-ring (bicyclic) bond motifs is 4. The number of carbonyl (C=O) groups excluding carboxylic acids is 5. The van der Waals surface area contributed by atoms with Crippen molar-refractivity contribution in [2.75, 3.05) is 6.61 Å². The third-order valence-corrected chi connectivity index (χ3v) is 6.26. The van der Waals surface area contributed by atoms with E-state index in [1.54, 1.807) is 12.1 Å². The molecule has 1 atom stereocenters. The molecule has 0 radical (unpaired) electrons. The lowest BCUT2D eigenvalue weighted by Gasteiger charge is -2.20. The summed E-state index contributed by atoms with van der Waals surface area (Å²) in [5, 5.41) is 2.55. The van der Waals surface area contributed by atoms with Crippen LogP contribution < -0.4 is 11.1 Å². The standard InChI is InChI=1S/C27H21N3O7/c28-23(31)13-22(26(34)37-30-24(32)19-11-5-6-12-20(19)25(30)33)29-27(35)36-14-21-17-9-3-1-7-15(17)16-8-2-4-10-18(16)21/h1-12,21-22H,13-14H2,(H2,28,31)(H,29,35)/t22-/m0/s1. The SMILES string of the molecule is NC(=O)C[C@H](NC(=O)OCC1c2ccccc2-c2ccccc21)C(=O)ON1C(=O)c2ccccc2C1=O. The van der Waals surface area contributed by atoms with Crippen LogP contribution in [0.1, 0.15) is 44.2 Å². The minimum absolute atomic E-state index is 0.0311. The fourth-order valence-corrected chi connectivity index (χ4v) is 4.58. The minimum Gasteiger partial charge on any atom is -0.449 e. The summed E-state index contributed by atoms with van der Waals surface area (Å²) in [5.41, 5.74) is 9.44. The summed E-state index contributed by atoms with van der Waals surface area (Å²) in [6.07, 6.45) is -1.63. The molecule has 0 fully saturated rings. The van der Waals surface area contributed by atoms with E-state index in [0.29, 0.717) is 5.06 Å². The maximum atomic E-state index is 12.8. The molecule has 3 N–H and O–H groups in total. The number of benzene rings is 3. The third kappa shape index (κ3) is 4.40. The number of primary amides is 1. The van der Waals surface area contributed by atoms with Crippen LogP contribution >= 0.6 is 0 Å². The fourth-order valence-electron chi connectivity index (χ4n) is 4.58. The number of nitrogens with one attached hydrogen (secondary N) is 1. The van der Waals surface area contributed by atoms with Crippen molar-refractivity contribution in [3.05, 3.63) is 95.1 Å². The van der Waals surface area contributed by atoms with Crippen molar-refractivity contribution in [3.8, 4) is 11.1 Å². The molecule has 3 aromatic rings. The molecule has 4 amide bonds. The van der Waals surface area contributed by atoms with Gasteiger partial charge in [0.2, 0.25) is 5.91 Å². The molecule has 10 nitrogen and oxygen atoms in total. The molecule has 0 saturated carbocycles. The normalized spacial score (nSPS) is 14.4. The van der Waals surface area contributed by atoms with Gasteiger partial charge >= 0.3 is 12.1 Å². The van der Waals surface area contributed by atoms with Gasteiger partial charge in [-0.1, -0.05) is 65.7 Å². The van der Waals surface area contributed by atoms with Gasteiger partial charge in [0, 0.05) is 5.92 Å². The van der Waals surface area contributed by atoms with Gasteiger partial charge < -0.3 is 20.6 Å². The van der Waals surface area contributed by atoms with Crippen LogP contribution in [0, 0.1) is 0 Å². The van der Waals surface area contributed by atoms with Crippen molar-refractivity contribution >= 4 is 29.8 Å². The van der Waals surface area contributed by atoms with Crippen molar-refractivity contribution < 1.29 is 33.5 Å². The van der Waals surface area contributed by atoms with Gasteiger partial charge in [-0.05, 0) is 34.4 Å². The molecule has 0 unspecified atom stereocenters. The Morgan fingerprint density at radius 1 is 0.811 bits per heavy atom. The van der Waals surface area contributed by atoms with Crippen LogP contribution in [0.25, 0.3) is 11.1 Å². The molecule has 0 saturated heterocycles. The third-order valence-electron chi connectivity index (χ3n) is 6.26. The number of hydrogen-bond acceptors (Lipinski definition) is 7. The Hall–Kier alpha value is -4.99. The topological polar surface area (TPSA) is 145 Å². The average molecular weight is 499 g/mol. The predicted octanol–water partition coefficient (Wildman–Crippen LogP) is 2.52. The molecular weight excluding hydrogens is 478 g/mol. The van der Waals surface area contributed by atoms with Crippen molar-refractivity contribution in [1.29, 1.82) is 0 Å². The zero-order valence-corrected chi connectivity index (χ0v) is 19.4. The number of hydroxylamine groups is 2. The highest BCUT2D eigenvalue weighted by Crippen LogP contribution is 2.44. The van der Waals surface area contributed by atoms with Gasteiger partial charge in [-0.3, -0.25) is 14.4 Å². The number of nitrogens with two attached hydrogens (primary N) is 1. The second-order valence-corrected chi connectivity index (χ2v) is 8.55. The van der Waals surface area contributed by atoms with E-state index in [0.717, 1.165) is 22.3 Å². The number of alkyl carbamates (subject to hydrolysis) is 1. The minimum atomic E-state index is -1.59. The van der Waals surface area contributed by atoms with Crippen LogP contribution in [0.2, 0.25) is 0 Å². The second-order valence-electron chi connectivity index (χ2n) is 8.55. The number of rotatable bonds is 7. The second kappa shape index (κ2) is 9.57. The molecule has 186 valence electrons. The summed E-state index contributed by atoms with van der Waals surface area (Å²) in [6.45, 7) is -0.0311. The van der Waals surface area contributed by atoms with E-state index in [-0.39, 0.29) is 23.7 Å². The first-order valence-corrected chi connectivity index (χ1v) is 11.4. The molecule has 1 heterocycles. The van der Waals surface area contributed by atoms with E-state index in [1.165, 1.54) is 12.1 Å². The summed E-state index contributed by atoms with van der Waals surface area (Å²) in [6, 6.07) is 19.9. The molecular formula is C27H21N3O7. The van der Waals surface area contributed by atoms with Gasteiger partial charge in [-0.25, -0.2) is 9.59 Å². The van der Waals surface area contributed by atoms with Crippen molar-refractivity contribution in [2.45, 2.75) is 18.4 Å². The molecule has 10 heteroatoms. The monoisotopic (exact) mass is 499 g/mol. The largest absolute Gasteiger partial charge is 0.449 e. The highest BCUT2D eigenvalue weighted by Gasteiger charge is 2.40. The maximum absolute atomic E-state index is 12.8. The lowest BCUT2D eigenvalue weighted by Crippen LogP contribution is -2.47. The van der Waals surface area contributed by atoms with E-state index in [9.17, 15) is 24.0 Å². The summed E-state index contributed by atoms with van der Waals surface area (Å²) in [5.74, 6) is -4.04. The summed E-state index contributed by atoms with van der Waals surface area (Å²) >= 11 is 0. The van der Waals surface area contributed by atoms with Gasteiger partial charge in [0.1, 0.15) is 12.6 Å². The molecule has 0 aromatic heterocycles. The highest BCUT2D eigenvalue weighted by atomic mass is 16.7. The number of hydrogen-bond donors (Lipinski definition) is 2. The number of amides is 4. The number of ether oxygens (including phenoxy) is 1. The maximum Gasteiger partial charge on any atom is 0.407 e. The first kappa shape index (κ1) is 23.7. The number of carbonyl (C=O) groups is 5. The van der Waals surface area contributed by atoms with Crippen LogP contribution in [0.5, 0.6) is 0 Å². The zero-order chi connectivity index (χ0) is 26.1. The molecule has 0 spiro atoms. The summed E-state index contributed by atoms with van der Waals surface area (Å²) in [7, 11) is 0. The van der Waals surface area contributed by atoms with Crippen LogP contribution in [-0.2, 0) is 19.2 Å². The lowest BCUT2D eigenvalue weighted by molar-refractivity contribution is -0.171. The molecule has 1 aliphatic carbocycles. The molecule has 37 heavy (non-hydrogen) atoms. The Balaban J connectivity index is 1.26. The van der Waals surface area contributed by atoms with Crippen molar-refractivity contribution in [3.63, 3.8) is 0 Å². The van der Waals surface area contributed by atoms with Crippen molar-refractivity contribution in [2.24, 2.45) is 5.73 Å². The van der Waals surface area contributed by atoms with E-state index < -0.39 is 42.2 Å². The molecule has 2 aliphatic rings. The molecule has 3 aromatic carbocycles. The highest BCUT2D eigenvalue weighted by molar-refractivity contribution is 6.21. The zero-order valence-electron chi connectivity index (χ0n) is 19.4. The molecule has 0 bridgehead atoms. The van der Waals surface area contributed by atoms with E-state index in [2.05, 4.69) is 5.32 Å². The summed E-state index contributed by atoms with van der Waals surface area (Å²) in [4.78, 5) is 66.9. The quantitative estimate of drug-likeness (QED) is 0.475. The van der Waals surface area contributed by atoms with Crippen LogP contribution in [0.15, 0.2) is 72.8 Å². The smallest absolute Gasteiger partial charge is 0.407 e. The van der Waals surface area contributed by atoms with E-state index >= 15 is 0 Å². The summed E-state index contributed by atoms with van der Waals surface area (Å²) < 4.78 is 5.41.